The molecule has 0 aromatic carbocycles. The van der Waals surface area contributed by atoms with Crippen LogP contribution in [0.25, 0.3) is 0 Å². The minimum atomic E-state index is 0.399. The summed E-state index contributed by atoms with van der Waals surface area (Å²) in [6, 6.07) is 1.68. The van der Waals surface area contributed by atoms with E-state index in [1.54, 1.807) is 36.2 Å². The minimum absolute atomic E-state index is 0.399. The van der Waals surface area contributed by atoms with Gasteiger partial charge in [-0.15, -0.1) is 11.3 Å². The number of thiazole rings is 1. The molecule has 6 nitrogen and oxygen atoms in total. The molecule has 0 saturated carbocycles. The van der Waals surface area contributed by atoms with Crippen molar-refractivity contribution in [1.82, 2.24) is 15.0 Å². The van der Waals surface area contributed by atoms with Crippen molar-refractivity contribution in [3.8, 4) is 5.88 Å². The highest BCUT2D eigenvalue weighted by Gasteiger charge is 2.05. The highest BCUT2D eigenvalue weighted by Crippen LogP contribution is 2.14. The van der Waals surface area contributed by atoms with Gasteiger partial charge in [-0.1, -0.05) is 0 Å². The normalized spacial score (nSPS) is 11.4. The quantitative estimate of drug-likeness (QED) is 0.675. The van der Waals surface area contributed by atoms with Crippen LogP contribution in [0.3, 0.4) is 0 Å². The van der Waals surface area contributed by atoms with E-state index in [-0.39, 0.29) is 0 Å². The fraction of sp³-hybridized carbons (Fsp3) is 0.273. The Morgan fingerprint density at radius 1 is 1.44 bits per heavy atom. The summed E-state index contributed by atoms with van der Waals surface area (Å²) in [7, 11) is 1.56. The zero-order valence-electron chi connectivity index (χ0n) is 10.3. The van der Waals surface area contributed by atoms with E-state index in [0.717, 1.165) is 16.3 Å². The maximum absolute atomic E-state index is 5.01. The van der Waals surface area contributed by atoms with Gasteiger partial charge in [0.15, 0.2) is 0 Å². The Labute approximate surface area is 109 Å². The first kappa shape index (κ1) is 12.4. The zero-order chi connectivity index (χ0) is 13.0. The van der Waals surface area contributed by atoms with E-state index in [2.05, 4.69) is 25.5 Å². The molecule has 7 heteroatoms. The fourth-order valence-electron chi connectivity index (χ4n) is 1.34. The average molecular weight is 263 g/mol. The average Bonchev–Trinajstić information content (AvgIpc) is 2.82. The smallest absolute Gasteiger partial charge is 0.246 e. The molecule has 18 heavy (non-hydrogen) atoms. The number of rotatable bonds is 4. The van der Waals surface area contributed by atoms with Crippen LogP contribution in [0.15, 0.2) is 22.9 Å². The van der Waals surface area contributed by atoms with Crippen LogP contribution in [0.1, 0.15) is 17.5 Å². The third-order valence-electron chi connectivity index (χ3n) is 2.24. The fourth-order valence-corrected chi connectivity index (χ4v) is 2.10. The third kappa shape index (κ3) is 2.80. The van der Waals surface area contributed by atoms with E-state index in [9.17, 15) is 0 Å². The number of aromatic nitrogens is 3. The van der Waals surface area contributed by atoms with Crippen molar-refractivity contribution in [3.05, 3.63) is 28.3 Å². The lowest BCUT2D eigenvalue weighted by Crippen LogP contribution is -2.02. The van der Waals surface area contributed by atoms with Gasteiger partial charge in [0.1, 0.15) is 0 Å². The van der Waals surface area contributed by atoms with Crippen molar-refractivity contribution in [2.45, 2.75) is 13.8 Å². The highest BCUT2D eigenvalue weighted by atomic mass is 32.1. The van der Waals surface area contributed by atoms with E-state index in [1.165, 1.54) is 0 Å². The largest absolute Gasteiger partial charge is 0.481 e. The number of nitrogens with zero attached hydrogens (tertiary/aromatic N) is 4. The summed E-state index contributed by atoms with van der Waals surface area (Å²) in [5, 5.41) is 4.23. The summed E-state index contributed by atoms with van der Waals surface area (Å²) in [6.45, 7) is 3.86. The van der Waals surface area contributed by atoms with Crippen molar-refractivity contribution >= 4 is 23.0 Å². The molecule has 2 aromatic heterocycles. The number of anilines is 1. The molecule has 0 saturated heterocycles. The van der Waals surface area contributed by atoms with Crippen LogP contribution in [0.4, 0.5) is 5.95 Å². The molecule has 2 aromatic rings. The second kappa shape index (κ2) is 5.54. The molecule has 0 aliphatic rings. The molecule has 0 bridgehead atoms. The van der Waals surface area contributed by atoms with Crippen molar-refractivity contribution in [3.63, 3.8) is 0 Å². The van der Waals surface area contributed by atoms with Gasteiger partial charge >= 0.3 is 0 Å². The summed E-state index contributed by atoms with van der Waals surface area (Å²) >= 11 is 1.55. The molecule has 0 amide bonds. The van der Waals surface area contributed by atoms with E-state index in [0.29, 0.717) is 11.8 Å². The minimum Gasteiger partial charge on any atom is -0.481 e. The van der Waals surface area contributed by atoms with Crippen molar-refractivity contribution in [1.29, 1.82) is 0 Å². The number of hydrazone groups is 1. The number of hydrogen-bond donors (Lipinski definition) is 1. The van der Waals surface area contributed by atoms with Crippen LogP contribution in [0.5, 0.6) is 5.88 Å². The number of methoxy groups -OCH3 is 1. The standard InChI is InChI=1S/C11H13N5OS/c1-7-10(18-6-13-7)8(2)15-16-11-12-5-4-9(14-11)17-3/h4-6H,1-3H3,(H,12,14,16). The molecule has 2 heterocycles. The molecule has 0 aliphatic carbocycles. The molecule has 0 atom stereocenters. The van der Waals surface area contributed by atoms with E-state index >= 15 is 0 Å². The van der Waals surface area contributed by atoms with Crippen LogP contribution in [0, 0.1) is 6.92 Å². The monoisotopic (exact) mass is 263 g/mol. The molecular formula is C11H13N5OS. The van der Waals surface area contributed by atoms with Gasteiger partial charge in [-0.2, -0.15) is 10.1 Å². The number of ether oxygens (including phenoxy) is 1. The molecule has 0 aliphatic heterocycles. The lowest BCUT2D eigenvalue weighted by atomic mass is 10.3. The first-order valence-electron chi connectivity index (χ1n) is 5.28. The van der Waals surface area contributed by atoms with Crippen molar-refractivity contribution in [2.75, 3.05) is 12.5 Å². The van der Waals surface area contributed by atoms with Gasteiger partial charge in [0.25, 0.3) is 0 Å². The van der Waals surface area contributed by atoms with Crippen LogP contribution in [-0.4, -0.2) is 27.8 Å². The molecule has 0 spiro atoms. The Hall–Kier alpha value is -2.02. The van der Waals surface area contributed by atoms with Crippen LogP contribution < -0.4 is 10.2 Å². The van der Waals surface area contributed by atoms with Gasteiger partial charge in [-0.05, 0) is 13.8 Å². The predicted molar refractivity (Wildman–Crippen MR) is 71.3 cm³/mol. The highest BCUT2D eigenvalue weighted by molar-refractivity contribution is 7.12. The Bertz CT molecular complexity index is 566. The van der Waals surface area contributed by atoms with Crippen LogP contribution in [-0.2, 0) is 0 Å². The lowest BCUT2D eigenvalue weighted by Gasteiger charge is -2.02. The third-order valence-corrected chi connectivity index (χ3v) is 3.27. The molecule has 94 valence electrons. The van der Waals surface area contributed by atoms with Gasteiger partial charge in [0, 0.05) is 12.3 Å². The topological polar surface area (TPSA) is 72.3 Å². The Morgan fingerprint density at radius 3 is 2.94 bits per heavy atom. The maximum atomic E-state index is 5.01. The van der Waals surface area contributed by atoms with Crippen LogP contribution >= 0.6 is 11.3 Å². The van der Waals surface area contributed by atoms with Gasteiger partial charge in [-0.25, -0.2) is 15.4 Å². The molecule has 1 N–H and O–H groups in total. The Balaban J connectivity index is 2.12. The van der Waals surface area contributed by atoms with Crippen molar-refractivity contribution in [2.24, 2.45) is 5.10 Å². The van der Waals surface area contributed by atoms with Gasteiger partial charge < -0.3 is 4.74 Å². The first-order valence-corrected chi connectivity index (χ1v) is 6.16. The van der Waals surface area contributed by atoms with E-state index < -0.39 is 0 Å². The molecule has 0 unspecified atom stereocenters. The predicted octanol–water partition coefficient (Wildman–Crippen LogP) is 2.09. The summed E-state index contributed by atoms with van der Waals surface area (Å²) in [5.74, 6) is 0.894. The van der Waals surface area contributed by atoms with Crippen molar-refractivity contribution < 1.29 is 4.74 Å². The molecule has 0 radical (unpaired) electrons. The van der Waals surface area contributed by atoms with Crippen LogP contribution in [0.2, 0.25) is 0 Å². The van der Waals surface area contributed by atoms with E-state index in [4.69, 9.17) is 4.74 Å². The van der Waals surface area contributed by atoms with Gasteiger partial charge in [0.2, 0.25) is 11.8 Å². The molecule has 2 rings (SSSR count). The van der Waals surface area contributed by atoms with Gasteiger partial charge in [0.05, 0.1) is 28.9 Å². The summed E-state index contributed by atoms with van der Waals surface area (Å²) in [6.07, 6.45) is 1.61. The second-order valence-corrected chi connectivity index (χ2v) is 4.35. The number of hydrogen-bond acceptors (Lipinski definition) is 7. The molecular weight excluding hydrogens is 250 g/mol. The first-order chi connectivity index (χ1) is 8.70. The SMILES string of the molecule is COc1ccnc(NN=C(C)c2scnc2C)n1. The zero-order valence-corrected chi connectivity index (χ0v) is 11.2. The summed E-state index contributed by atoms with van der Waals surface area (Å²) < 4.78 is 5.01. The van der Waals surface area contributed by atoms with E-state index in [1.807, 2.05) is 13.8 Å². The molecule has 0 fully saturated rings. The Morgan fingerprint density at radius 2 is 2.28 bits per heavy atom. The number of nitrogens with one attached hydrogen (secondary N) is 1. The second-order valence-electron chi connectivity index (χ2n) is 3.50. The summed E-state index contributed by atoms with van der Waals surface area (Å²) in [5.41, 5.74) is 6.41. The summed E-state index contributed by atoms with van der Waals surface area (Å²) in [4.78, 5) is 13.4. The lowest BCUT2D eigenvalue weighted by molar-refractivity contribution is 0.397. The van der Waals surface area contributed by atoms with Gasteiger partial charge in [-0.3, -0.25) is 0 Å². The maximum Gasteiger partial charge on any atom is 0.246 e. The Kier molecular flexibility index (Phi) is 3.83. The number of aryl methyl sites for hydroxylation is 1.